The number of carboxylic acids is 1. The van der Waals surface area contributed by atoms with Crippen molar-refractivity contribution in [2.75, 3.05) is 5.01 Å². The Bertz CT molecular complexity index is 1180. The summed E-state index contributed by atoms with van der Waals surface area (Å²) in [6, 6.07) is 8.96. The van der Waals surface area contributed by atoms with Crippen LogP contribution in [0, 0.1) is 5.82 Å². The van der Waals surface area contributed by atoms with Crippen LogP contribution in [0.15, 0.2) is 52.9 Å². The van der Waals surface area contributed by atoms with Gasteiger partial charge in [0.05, 0.1) is 23.5 Å². The van der Waals surface area contributed by atoms with Crippen molar-refractivity contribution in [3.63, 3.8) is 0 Å². The SMILES string of the molecule is O=C(O)c1cc(F)ccc1C=NN(c1nc(-c2cccc(OC(F)(F)F)c2)cs1)C1CC1. The Morgan fingerprint density at radius 2 is 2.03 bits per heavy atom. The van der Waals surface area contributed by atoms with E-state index in [1.54, 1.807) is 16.5 Å². The van der Waals surface area contributed by atoms with Crippen molar-refractivity contribution >= 4 is 28.7 Å². The molecule has 1 fully saturated rings. The van der Waals surface area contributed by atoms with Crippen molar-refractivity contribution in [2.24, 2.45) is 5.10 Å². The highest BCUT2D eigenvalue weighted by Gasteiger charge is 2.32. The first-order chi connectivity index (χ1) is 15.2. The molecule has 166 valence electrons. The van der Waals surface area contributed by atoms with Crippen molar-refractivity contribution in [1.82, 2.24) is 4.98 Å². The van der Waals surface area contributed by atoms with E-state index in [0.717, 1.165) is 25.0 Å². The molecule has 0 unspecified atom stereocenters. The molecule has 1 N–H and O–H groups in total. The van der Waals surface area contributed by atoms with E-state index in [1.165, 1.54) is 41.8 Å². The van der Waals surface area contributed by atoms with Crippen LogP contribution in [-0.4, -0.2) is 34.7 Å². The topological polar surface area (TPSA) is 75.0 Å². The molecule has 1 aliphatic carbocycles. The molecule has 0 spiro atoms. The molecule has 1 aromatic heterocycles. The Labute approximate surface area is 183 Å². The number of hydrogen-bond donors (Lipinski definition) is 1. The molecule has 0 aliphatic heterocycles. The van der Waals surface area contributed by atoms with Gasteiger partial charge in [-0.3, -0.25) is 0 Å². The predicted octanol–water partition coefficient (Wildman–Crippen LogP) is 5.55. The number of thiazole rings is 1. The van der Waals surface area contributed by atoms with E-state index in [9.17, 15) is 27.5 Å². The van der Waals surface area contributed by atoms with Gasteiger partial charge in [0.2, 0.25) is 5.13 Å². The maximum atomic E-state index is 13.4. The molecule has 4 rings (SSSR count). The summed E-state index contributed by atoms with van der Waals surface area (Å²) in [6.07, 6.45) is -1.74. The van der Waals surface area contributed by atoms with Gasteiger partial charge >= 0.3 is 12.3 Å². The summed E-state index contributed by atoms with van der Waals surface area (Å²) in [7, 11) is 0. The van der Waals surface area contributed by atoms with E-state index >= 15 is 0 Å². The average Bonchev–Trinajstić information content (AvgIpc) is 3.44. The Kier molecular flexibility index (Phi) is 5.83. The number of hydrogen-bond acceptors (Lipinski definition) is 6. The Hall–Kier alpha value is -3.47. The zero-order valence-electron chi connectivity index (χ0n) is 16.2. The average molecular weight is 465 g/mol. The van der Waals surface area contributed by atoms with Gasteiger partial charge in [-0.15, -0.1) is 24.5 Å². The first-order valence-electron chi connectivity index (χ1n) is 9.37. The molecule has 32 heavy (non-hydrogen) atoms. The fourth-order valence-corrected chi connectivity index (χ4v) is 3.79. The van der Waals surface area contributed by atoms with Crippen LogP contribution in [0.25, 0.3) is 11.3 Å². The summed E-state index contributed by atoms with van der Waals surface area (Å²) >= 11 is 1.25. The van der Waals surface area contributed by atoms with Crippen LogP contribution in [0.1, 0.15) is 28.8 Å². The molecular weight excluding hydrogens is 450 g/mol. The third-order valence-electron chi connectivity index (χ3n) is 4.51. The van der Waals surface area contributed by atoms with Gasteiger partial charge in [-0.1, -0.05) is 12.1 Å². The third-order valence-corrected chi connectivity index (χ3v) is 5.34. The van der Waals surface area contributed by atoms with Crippen molar-refractivity contribution in [3.8, 4) is 17.0 Å². The minimum Gasteiger partial charge on any atom is -0.478 e. The summed E-state index contributed by atoms with van der Waals surface area (Å²) < 4.78 is 54.8. The van der Waals surface area contributed by atoms with E-state index < -0.39 is 18.1 Å². The molecule has 0 bridgehead atoms. The number of ether oxygens (including phenoxy) is 1. The zero-order valence-corrected chi connectivity index (χ0v) is 17.0. The number of aromatic carboxylic acids is 1. The lowest BCUT2D eigenvalue weighted by Crippen LogP contribution is -2.19. The maximum absolute atomic E-state index is 13.4. The number of aromatic nitrogens is 1. The maximum Gasteiger partial charge on any atom is 0.573 e. The van der Waals surface area contributed by atoms with Crippen molar-refractivity contribution in [2.45, 2.75) is 25.2 Å². The fourth-order valence-electron chi connectivity index (χ4n) is 2.92. The second-order valence-electron chi connectivity index (χ2n) is 6.95. The number of carboxylic acid groups (broad SMARTS) is 1. The number of halogens is 4. The van der Waals surface area contributed by atoms with Gasteiger partial charge in [-0.05, 0) is 43.2 Å². The molecule has 1 aliphatic rings. The summed E-state index contributed by atoms with van der Waals surface area (Å²) in [5.74, 6) is -2.29. The number of anilines is 1. The van der Waals surface area contributed by atoms with Crippen molar-refractivity contribution in [1.29, 1.82) is 0 Å². The van der Waals surface area contributed by atoms with E-state index in [0.29, 0.717) is 16.4 Å². The Morgan fingerprint density at radius 3 is 2.72 bits per heavy atom. The van der Waals surface area contributed by atoms with E-state index in [1.807, 2.05) is 0 Å². The molecule has 0 saturated heterocycles. The Morgan fingerprint density at radius 1 is 1.25 bits per heavy atom. The molecule has 1 heterocycles. The summed E-state index contributed by atoms with van der Waals surface area (Å²) in [5, 5.41) is 17.5. The first kappa shape index (κ1) is 21.8. The molecular formula is C21H15F4N3O3S. The first-order valence-corrected chi connectivity index (χ1v) is 10.3. The largest absolute Gasteiger partial charge is 0.573 e. The van der Waals surface area contributed by atoms with Gasteiger partial charge in [-0.2, -0.15) is 5.10 Å². The van der Waals surface area contributed by atoms with E-state index in [4.69, 9.17) is 0 Å². The number of carbonyl (C=O) groups is 1. The number of nitrogens with zero attached hydrogens (tertiary/aromatic N) is 3. The van der Waals surface area contributed by atoms with Gasteiger partial charge in [-0.25, -0.2) is 19.2 Å². The zero-order chi connectivity index (χ0) is 22.9. The minimum atomic E-state index is -4.79. The molecule has 0 radical (unpaired) electrons. The second-order valence-corrected chi connectivity index (χ2v) is 7.78. The van der Waals surface area contributed by atoms with Gasteiger partial charge < -0.3 is 9.84 Å². The van der Waals surface area contributed by atoms with Gasteiger partial charge in [0.1, 0.15) is 11.6 Å². The highest BCUT2D eigenvalue weighted by atomic mass is 32.1. The second kappa shape index (κ2) is 8.58. The third kappa shape index (κ3) is 5.22. The normalized spacial score (nSPS) is 14.0. The smallest absolute Gasteiger partial charge is 0.478 e. The number of hydrazone groups is 1. The molecule has 0 atom stereocenters. The van der Waals surface area contributed by atoms with E-state index in [-0.39, 0.29) is 22.9 Å². The number of benzene rings is 2. The fraction of sp³-hybridized carbons (Fsp3) is 0.190. The summed E-state index contributed by atoms with van der Waals surface area (Å²) in [6.45, 7) is 0. The van der Waals surface area contributed by atoms with Crippen LogP contribution in [0.4, 0.5) is 22.7 Å². The van der Waals surface area contributed by atoms with Crippen LogP contribution >= 0.6 is 11.3 Å². The standard InChI is InChI=1S/C21H15F4N3O3S/c22-14-5-4-13(17(9-14)19(29)30)10-26-28(15-6-7-15)20-27-18(11-32-20)12-2-1-3-16(8-12)31-21(23,24)25/h1-5,8-11,15H,6-7H2,(H,29,30). The number of rotatable bonds is 7. The molecule has 6 nitrogen and oxygen atoms in total. The monoisotopic (exact) mass is 465 g/mol. The van der Waals surface area contributed by atoms with Crippen LogP contribution < -0.4 is 9.75 Å². The molecule has 2 aromatic carbocycles. The molecule has 3 aromatic rings. The summed E-state index contributed by atoms with van der Waals surface area (Å²) in [5.41, 5.74) is 0.913. The van der Waals surface area contributed by atoms with Crippen LogP contribution in [0.5, 0.6) is 5.75 Å². The lowest BCUT2D eigenvalue weighted by atomic mass is 10.1. The molecule has 0 amide bonds. The molecule has 1 saturated carbocycles. The highest BCUT2D eigenvalue weighted by Crippen LogP contribution is 2.36. The van der Waals surface area contributed by atoms with Crippen LogP contribution in [-0.2, 0) is 0 Å². The van der Waals surface area contributed by atoms with Gasteiger partial charge in [0, 0.05) is 16.5 Å². The van der Waals surface area contributed by atoms with Gasteiger partial charge in [0.15, 0.2) is 0 Å². The Balaban J connectivity index is 1.59. The van der Waals surface area contributed by atoms with E-state index in [2.05, 4.69) is 14.8 Å². The minimum absolute atomic E-state index is 0.0684. The van der Waals surface area contributed by atoms with Crippen LogP contribution in [0.2, 0.25) is 0 Å². The summed E-state index contributed by atoms with van der Waals surface area (Å²) in [4.78, 5) is 15.9. The highest BCUT2D eigenvalue weighted by molar-refractivity contribution is 7.14. The van der Waals surface area contributed by atoms with Gasteiger partial charge in [0.25, 0.3) is 0 Å². The lowest BCUT2D eigenvalue weighted by molar-refractivity contribution is -0.274. The predicted molar refractivity (Wildman–Crippen MR) is 111 cm³/mol. The molecule has 11 heteroatoms. The number of alkyl halides is 3. The quantitative estimate of drug-likeness (QED) is 0.281. The lowest BCUT2D eigenvalue weighted by Gasteiger charge is -2.14. The van der Waals surface area contributed by atoms with Crippen molar-refractivity contribution < 1.29 is 32.2 Å². The van der Waals surface area contributed by atoms with Crippen molar-refractivity contribution in [3.05, 3.63) is 64.8 Å². The van der Waals surface area contributed by atoms with Crippen LogP contribution in [0.3, 0.4) is 0 Å².